The van der Waals surface area contributed by atoms with Gasteiger partial charge in [-0.15, -0.1) is 0 Å². The van der Waals surface area contributed by atoms with Crippen molar-refractivity contribution in [1.82, 2.24) is 34.9 Å². The van der Waals surface area contributed by atoms with E-state index in [1.807, 2.05) is 53.5 Å². The molecule has 6 aromatic rings. The van der Waals surface area contributed by atoms with Gasteiger partial charge >= 0.3 is 0 Å². The molecule has 0 saturated heterocycles. The van der Waals surface area contributed by atoms with Crippen LogP contribution in [0, 0.1) is 0 Å². The van der Waals surface area contributed by atoms with E-state index in [1.165, 1.54) is 0 Å². The van der Waals surface area contributed by atoms with Crippen LogP contribution in [0.15, 0.2) is 72.2 Å². The van der Waals surface area contributed by atoms with Crippen LogP contribution in [0.5, 0.6) is 0 Å². The highest BCUT2D eigenvalue weighted by atomic mass is 16.1. The molecule has 1 aliphatic carbocycles. The molecule has 4 N–H and O–H groups in total. The van der Waals surface area contributed by atoms with Crippen molar-refractivity contribution in [1.29, 1.82) is 0 Å². The SMILES string of the molecule is Nc1c(-c2cccc3[nH]ncc23)cc(-c2cnn(C3CC3)c2)c2nc(-c3cccnc3)[nH]c(=O)c12. The van der Waals surface area contributed by atoms with Gasteiger partial charge in [-0.05, 0) is 42.7 Å². The number of aromatic nitrogens is 7. The van der Waals surface area contributed by atoms with E-state index >= 15 is 0 Å². The standard InChI is InChI=1S/C26H20N8O/c27-23-19(17-4-1-5-21-20(17)12-29-33-21)9-18(15-11-30-34(13-15)16-6-7-16)24-22(23)26(35)32-25(31-24)14-3-2-8-28-10-14/h1-5,8-13,16H,6-7,27H2,(H,29,33)(H,31,32,35). The molecule has 4 heterocycles. The lowest BCUT2D eigenvalue weighted by atomic mass is 9.93. The predicted molar refractivity (Wildman–Crippen MR) is 135 cm³/mol. The van der Waals surface area contributed by atoms with Gasteiger partial charge in [0.25, 0.3) is 5.56 Å². The molecule has 1 aliphatic rings. The van der Waals surface area contributed by atoms with Crippen LogP contribution in [0.25, 0.3) is 55.4 Å². The summed E-state index contributed by atoms with van der Waals surface area (Å²) in [5.41, 5.74) is 12.2. The molecule has 4 aromatic heterocycles. The summed E-state index contributed by atoms with van der Waals surface area (Å²) < 4.78 is 1.99. The third-order valence-electron chi connectivity index (χ3n) is 6.57. The Morgan fingerprint density at radius 2 is 1.91 bits per heavy atom. The molecule has 0 radical (unpaired) electrons. The summed E-state index contributed by atoms with van der Waals surface area (Å²) >= 11 is 0. The lowest BCUT2D eigenvalue weighted by Gasteiger charge is -2.14. The van der Waals surface area contributed by atoms with E-state index < -0.39 is 0 Å². The molecule has 0 unspecified atom stereocenters. The van der Waals surface area contributed by atoms with Gasteiger partial charge in [-0.2, -0.15) is 10.2 Å². The van der Waals surface area contributed by atoms with Crippen LogP contribution in [0.1, 0.15) is 18.9 Å². The molecule has 0 aliphatic heterocycles. The first-order chi connectivity index (χ1) is 17.2. The Morgan fingerprint density at radius 3 is 2.74 bits per heavy atom. The Morgan fingerprint density at radius 1 is 1.00 bits per heavy atom. The molecule has 35 heavy (non-hydrogen) atoms. The lowest BCUT2D eigenvalue weighted by Crippen LogP contribution is -2.13. The third kappa shape index (κ3) is 3.12. The van der Waals surface area contributed by atoms with Crippen molar-refractivity contribution in [3.05, 3.63) is 77.7 Å². The molecular formula is C26H20N8O. The fourth-order valence-corrected chi connectivity index (χ4v) is 4.64. The molecule has 7 rings (SSSR count). The number of benzene rings is 2. The molecule has 0 atom stereocenters. The number of pyridine rings is 1. The zero-order valence-corrected chi connectivity index (χ0v) is 18.6. The highest BCUT2D eigenvalue weighted by Gasteiger charge is 2.26. The molecule has 170 valence electrons. The van der Waals surface area contributed by atoms with E-state index in [0.29, 0.717) is 28.5 Å². The Kier molecular flexibility index (Phi) is 4.13. The van der Waals surface area contributed by atoms with E-state index in [2.05, 4.69) is 25.3 Å². The first kappa shape index (κ1) is 19.7. The summed E-state index contributed by atoms with van der Waals surface area (Å²) in [7, 11) is 0. The van der Waals surface area contributed by atoms with E-state index in [9.17, 15) is 4.79 Å². The quantitative estimate of drug-likeness (QED) is 0.336. The van der Waals surface area contributed by atoms with Gasteiger partial charge in [0.05, 0.1) is 40.5 Å². The number of hydrogen-bond acceptors (Lipinski definition) is 6. The topological polar surface area (TPSA) is 131 Å². The van der Waals surface area contributed by atoms with Crippen molar-refractivity contribution in [3.63, 3.8) is 0 Å². The number of nitrogens with zero attached hydrogens (tertiary/aromatic N) is 5. The van der Waals surface area contributed by atoms with Gasteiger partial charge < -0.3 is 10.7 Å². The van der Waals surface area contributed by atoms with Gasteiger partial charge in [0.1, 0.15) is 5.82 Å². The maximum Gasteiger partial charge on any atom is 0.261 e. The van der Waals surface area contributed by atoms with Gasteiger partial charge in [0.2, 0.25) is 0 Å². The Labute approximate surface area is 198 Å². The lowest BCUT2D eigenvalue weighted by molar-refractivity contribution is 0.642. The predicted octanol–water partition coefficient (Wildman–Crippen LogP) is 4.31. The fourth-order valence-electron chi connectivity index (χ4n) is 4.64. The second-order valence-electron chi connectivity index (χ2n) is 8.84. The molecular weight excluding hydrogens is 440 g/mol. The smallest absolute Gasteiger partial charge is 0.261 e. The van der Waals surface area contributed by atoms with Crippen molar-refractivity contribution in [2.24, 2.45) is 0 Å². The summed E-state index contributed by atoms with van der Waals surface area (Å²) in [4.78, 5) is 25.4. The van der Waals surface area contributed by atoms with Crippen molar-refractivity contribution >= 4 is 27.5 Å². The Hall–Kier alpha value is -4.79. The van der Waals surface area contributed by atoms with Crippen LogP contribution in [0.4, 0.5) is 5.69 Å². The first-order valence-corrected chi connectivity index (χ1v) is 11.4. The largest absolute Gasteiger partial charge is 0.398 e. The van der Waals surface area contributed by atoms with Crippen LogP contribution in [-0.4, -0.2) is 34.9 Å². The maximum atomic E-state index is 13.5. The molecule has 0 spiro atoms. The van der Waals surface area contributed by atoms with Crippen LogP contribution in [-0.2, 0) is 0 Å². The van der Waals surface area contributed by atoms with Crippen LogP contribution < -0.4 is 11.3 Å². The molecule has 2 aromatic carbocycles. The van der Waals surface area contributed by atoms with Gasteiger partial charge in [-0.1, -0.05) is 12.1 Å². The van der Waals surface area contributed by atoms with Gasteiger partial charge in [-0.3, -0.25) is 19.6 Å². The third-order valence-corrected chi connectivity index (χ3v) is 6.57. The summed E-state index contributed by atoms with van der Waals surface area (Å²) in [6.45, 7) is 0. The van der Waals surface area contributed by atoms with Crippen LogP contribution in [0.2, 0.25) is 0 Å². The minimum absolute atomic E-state index is 0.302. The zero-order valence-electron chi connectivity index (χ0n) is 18.6. The van der Waals surface area contributed by atoms with Crippen molar-refractivity contribution in [2.75, 3.05) is 5.73 Å². The maximum absolute atomic E-state index is 13.5. The molecule has 9 heteroatoms. The highest BCUT2D eigenvalue weighted by molar-refractivity contribution is 6.09. The average molecular weight is 461 g/mol. The van der Waals surface area contributed by atoms with Crippen LogP contribution in [0.3, 0.4) is 0 Å². The van der Waals surface area contributed by atoms with E-state index in [0.717, 1.165) is 51.6 Å². The van der Waals surface area contributed by atoms with Crippen LogP contribution >= 0.6 is 0 Å². The van der Waals surface area contributed by atoms with Crippen molar-refractivity contribution < 1.29 is 0 Å². The first-order valence-electron chi connectivity index (χ1n) is 11.4. The average Bonchev–Trinajstić information content (AvgIpc) is 3.41. The highest BCUT2D eigenvalue weighted by Crippen LogP contribution is 2.41. The van der Waals surface area contributed by atoms with E-state index in [1.54, 1.807) is 18.6 Å². The monoisotopic (exact) mass is 460 g/mol. The number of fused-ring (bicyclic) bond motifs is 2. The number of rotatable bonds is 4. The number of H-pyrrole nitrogens is 2. The summed E-state index contributed by atoms with van der Waals surface area (Å²) in [5.74, 6) is 0.440. The number of aromatic amines is 2. The summed E-state index contributed by atoms with van der Waals surface area (Å²) in [5, 5.41) is 13.0. The summed E-state index contributed by atoms with van der Waals surface area (Å²) in [6, 6.07) is 12.0. The number of nitrogen functional groups attached to an aromatic ring is 1. The Balaban J connectivity index is 1.56. The molecule has 0 amide bonds. The number of hydrogen-bond donors (Lipinski definition) is 3. The number of anilines is 1. The fraction of sp³-hybridized carbons (Fsp3) is 0.115. The molecule has 9 nitrogen and oxygen atoms in total. The molecule has 0 bridgehead atoms. The zero-order chi connectivity index (χ0) is 23.5. The minimum atomic E-state index is -0.302. The minimum Gasteiger partial charge on any atom is -0.398 e. The van der Waals surface area contributed by atoms with Gasteiger partial charge in [-0.25, -0.2) is 4.98 Å². The van der Waals surface area contributed by atoms with E-state index in [4.69, 9.17) is 10.7 Å². The molecule has 1 saturated carbocycles. The number of nitrogens with two attached hydrogens (primary N) is 1. The van der Waals surface area contributed by atoms with Crippen molar-refractivity contribution in [3.8, 4) is 33.6 Å². The van der Waals surface area contributed by atoms with Crippen molar-refractivity contribution in [2.45, 2.75) is 18.9 Å². The summed E-state index contributed by atoms with van der Waals surface area (Å²) in [6.07, 6.45) is 11.2. The molecule has 1 fully saturated rings. The van der Waals surface area contributed by atoms with E-state index in [-0.39, 0.29) is 5.56 Å². The second-order valence-corrected chi connectivity index (χ2v) is 8.84. The second kappa shape index (κ2) is 7.36. The number of nitrogens with one attached hydrogen (secondary N) is 2. The Bertz CT molecular complexity index is 1790. The van der Waals surface area contributed by atoms with Gasteiger partial charge in [0.15, 0.2) is 0 Å². The van der Waals surface area contributed by atoms with Gasteiger partial charge in [0, 0.05) is 46.2 Å². The normalized spacial score (nSPS) is 13.6.